The third-order valence-corrected chi connectivity index (χ3v) is 3.02. The largest absolute Gasteiger partial charge is 0.240 e. The highest BCUT2D eigenvalue weighted by molar-refractivity contribution is 9.10. The molecule has 1 aromatic heterocycles. The number of halogens is 1. The normalized spacial score (nSPS) is 11.8. The topological polar surface area (TPSA) is 49.6 Å². The highest BCUT2D eigenvalue weighted by Gasteiger charge is 2.18. The van der Waals surface area contributed by atoms with E-state index in [2.05, 4.69) is 32.0 Å². The van der Waals surface area contributed by atoms with E-state index in [1.165, 1.54) is 0 Å². The average molecular weight is 288 g/mol. The number of rotatable bonds is 2. The minimum absolute atomic E-state index is 0.423. The third-order valence-electron chi connectivity index (χ3n) is 2.53. The molecule has 3 nitrogen and oxygen atoms in total. The average Bonchev–Trinajstić information content (AvgIpc) is 2.36. The fourth-order valence-corrected chi connectivity index (χ4v) is 2.03. The number of hydrogen-bond acceptors (Lipinski definition) is 3. The second kappa shape index (κ2) is 5.07. The fourth-order valence-electron chi connectivity index (χ4n) is 1.65. The minimum atomic E-state index is -0.423. The van der Waals surface area contributed by atoms with Crippen molar-refractivity contribution in [2.24, 2.45) is 0 Å². The summed E-state index contributed by atoms with van der Waals surface area (Å²) in [5.74, 6) is 0.116. The molecule has 0 saturated heterocycles. The maximum absolute atomic E-state index is 9.30. The van der Waals surface area contributed by atoms with E-state index in [0.717, 1.165) is 15.6 Å². The van der Waals surface area contributed by atoms with Crippen LogP contribution < -0.4 is 0 Å². The van der Waals surface area contributed by atoms with E-state index in [1.807, 2.05) is 25.1 Å². The number of aromatic nitrogens is 2. The summed E-state index contributed by atoms with van der Waals surface area (Å²) in [5, 5.41) is 9.30. The maximum Gasteiger partial charge on any atom is 0.149 e. The van der Waals surface area contributed by atoms with Crippen molar-refractivity contribution >= 4 is 15.9 Å². The van der Waals surface area contributed by atoms with Crippen LogP contribution in [0.5, 0.6) is 0 Å². The molecule has 1 heterocycles. The number of hydrogen-bond donors (Lipinski definition) is 0. The molecule has 0 aliphatic carbocycles. The molecule has 1 atom stereocenters. The number of nitriles is 1. The van der Waals surface area contributed by atoms with Crippen LogP contribution in [0.4, 0.5) is 0 Å². The Hall–Kier alpha value is -1.73. The molecule has 1 aromatic carbocycles. The predicted octanol–water partition coefficient (Wildman–Crippen LogP) is 3.20. The summed E-state index contributed by atoms with van der Waals surface area (Å²) in [4.78, 5) is 8.30. The highest BCUT2D eigenvalue weighted by atomic mass is 79.9. The Morgan fingerprint density at radius 1 is 1.29 bits per heavy atom. The number of benzene rings is 1. The lowest BCUT2D eigenvalue weighted by Gasteiger charge is -2.11. The van der Waals surface area contributed by atoms with Crippen LogP contribution in [0, 0.1) is 18.3 Å². The van der Waals surface area contributed by atoms with Gasteiger partial charge in [-0.3, -0.25) is 0 Å². The summed E-state index contributed by atoms with van der Waals surface area (Å²) in [6.07, 6.45) is 3.31. The van der Waals surface area contributed by atoms with Crippen LogP contribution in [0.1, 0.15) is 22.9 Å². The van der Waals surface area contributed by atoms with Crippen LogP contribution in [-0.4, -0.2) is 9.97 Å². The van der Waals surface area contributed by atoms with E-state index >= 15 is 0 Å². The van der Waals surface area contributed by atoms with Gasteiger partial charge in [0.15, 0.2) is 0 Å². The zero-order valence-corrected chi connectivity index (χ0v) is 10.8. The predicted molar refractivity (Wildman–Crippen MR) is 68.4 cm³/mol. The first kappa shape index (κ1) is 11.7. The summed E-state index contributed by atoms with van der Waals surface area (Å²) in [5.41, 5.74) is 2.00. The molecular formula is C13H10BrN3. The third kappa shape index (κ3) is 2.51. The SMILES string of the molecule is Cc1ccc(Br)cc1C(C#N)c1ncccn1. The maximum atomic E-state index is 9.30. The first-order chi connectivity index (χ1) is 8.22. The fraction of sp³-hybridized carbons (Fsp3) is 0.154. The van der Waals surface area contributed by atoms with Gasteiger partial charge >= 0.3 is 0 Å². The van der Waals surface area contributed by atoms with E-state index in [4.69, 9.17) is 0 Å². The second-order valence-electron chi connectivity index (χ2n) is 3.67. The Kier molecular flexibility index (Phi) is 3.50. The van der Waals surface area contributed by atoms with Crippen LogP contribution >= 0.6 is 15.9 Å². The molecular weight excluding hydrogens is 278 g/mol. The van der Waals surface area contributed by atoms with Gasteiger partial charge in [-0.05, 0) is 36.2 Å². The molecule has 0 aliphatic heterocycles. The molecule has 2 rings (SSSR count). The van der Waals surface area contributed by atoms with Crippen molar-refractivity contribution in [3.8, 4) is 6.07 Å². The lowest BCUT2D eigenvalue weighted by Crippen LogP contribution is -2.05. The van der Waals surface area contributed by atoms with Crippen molar-refractivity contribution in [2.45, 2.75) is 12.8 Å². The van der Waals surface area contributed by atoms with Crippen molar-refractivity contribution in [1.82, 2.24) is 9.97 Å². The zero-order chi connectivity index (χ0) is 12.3. The molecule has 4 heteroatoms. The van der Waals surface area contributed by atoms with Crippen LogP contribution in [0.2, 0.25) is 0 Å². The molecule has 84 valence electrons. The Bertz CT molecular complexity index is 561. The van der Waals surface area contributed by atoms with Gasteiger partial charge in [0.05, 0.1) is 6.07 Å². The van der Waals surface area contributed by atoms with E-state index in [9.17, 15) is 5.26 Å². The Morgan fingerprint density at radius 2 is 2.00 bits per heavy atom. The summed E-state index contributed by atoms with van der Waals surface area (Å²) in [7, 11) is 0. The molecule has 0 aliphatic rings. The number of nitrogens with zero attached hydrogens (tertiary/aromatic N) is 3. The monoisotopic (exact) mass is 287 g/mol. The molecule has 0 saturated carbocycles. The zero-order valence-electron chi connectivity index (χ0n) is 9.26. The smallest absolute Gasteiger partial charge is 0.149 e. The molecule has 1 unspecified atom stereocenters. The Morgan fingerprint density at radius 3 is 2.65 bits per heavy atom. The first-order valence-electron chi connectivity index (χ1n) is 5.15. The minimum Gasteiger partial charge on any atom is -0.240 e. The van der Waals surface area contributed by atoms with Crippen molar-refractivity contribution in [1.29, 1.82) is 5.26 Å². The standard InChI is InChI=1S/C13H10BrN3/c1-9-3-4-10(14)7-11(9)12(8-15)13-16-5-2-6-17-13/h2-7,12H,1H3. The quantitative estimate of drug-likeness (QED) is 0.852. The molecule has 0 N–H and O–H groups in total. The molecule has 0 amide bonds. The Labute approximate surface area is 108 Å². The van der Waals surface area contributed by atoms with Gasteiger partial charge in [-0.15, -0.1) is 0 Å². The molecule has 0 radical (unpaired) electrons. The van der Waals surface area contributed by atoms with Gasteiger partial charge in [-0.2, -0.15) is 5.26 Å². The summed E-state index contributed by atoms with van der Waals surface area (Å²) in [6.45, 7) is 1.98. The van der Waals surface area contributed by atoms with Crippen molar-refractivity contribution in [3.05, 3.63) is 58.1 Å². The molecule has 0 spiro atoms. The van der Waals surface area contributed by atoms with Crippen molar-refractivity contribution in [3.63, 3.8) is 0 Å². The summed E-state index contributed by atoms with van der Waals surface area (Å²) >= 11 is 3.42. The summed E-state index contributed by atoms with van der Waals surface area (Å²) in [6, 6.07) is 9.88. The van der Waals surface area contributed by atoms with Crippen LogP contribution in [0.25, 0.3) is 0 Å². The lowest BCUT2D eigenvalue weighted by atomic mass is 9.95. The van der Waals surface area contributed by atoms with Gasteiger partial charge in [0, 0.05) is 16.9 Å². The lowest BCUT2D eigenvalue weighted by molar-refractivity contribution is 0.882. The van der Waals surface area contributed by atoms with Gasteiger partial charge in [0.1, 0.15) is 11.7 Å². The molecule has 0 fully saturated rings. The van der Waals surface area contributed by atoms with Crippen molar-refractivity contribution < 1.29 is 0 Å². The number of aryl methyl sites for hydroxylation is 1. The van der Waals surface area contributed by atoms with Gasteiger partial charge in [0.25, 0.3) is 0 Å². The van der Waals surface area contributed by atoms with Crippen LogP contribution in [-0.2, 0) is 0 Å². The van der Waals surface area contributed by atoms with E-state index in [0.29, 0.717) is 5.82 Å². The van der Waals surface area contributed by atoms with Crippen LogP contribution in [0.3, 0.4) is 0 Å². The van der Waals surface area contributed by atoms with Gasteiger partial charge in [0.2, 0.25) is 0 Å². The van der Waals surface area contributed by atoms with Gasteiger partial charge in [-0.1, -0.05) is 22.0 Å². The summed E-state index contributed by atoms with van der Waals surface area (Å²) < 4.78 is 0.953. The second-order valence-corrected chi connectivity index (χ2v) is 4.59. The van der Waals surface area contributed by atoms with Crippen molar-refractivity contribution in [2.75, 3.05) is 0 Å². The van der Waals surface area contributed by atoms with E-state index in [-0.39, 0.29) is 0 Å². The Balaban J connectivity index is 2.51. The van der Waals surface area contributed by atoms with E-state index in [1.54, 1.807) is 18.5 Å². The van der Waals surface area contributed by atoms with Gasteiger partial charge in [-0.25, -0.2) is 9.97 Å². The van der Waals surface area contributed by atoms with Crippen LogP contribution in [0.15, 0.2) is 41.1 Å². The highest BCUT2D eigenvalue weighted by Crippen LogP contribution is 2.26. The molecule has 2 aromatic rings. The first-order valence-corrected chi connectivity index (χ1v) is 5.94. The molecule has 0 bridgehead atoms. The molecule has 17 heavy (non-hydrogen) atoms. The van der Waals surface area contributed by atoms with Gasteiger partial charge < -0.3 is 0 Å². The van der Waals surface area contributed by atoms with E-state index < -0.39 is 5.92 Å².